The molecule has 17 heavy (non-hydrogen) atoms. The van der Waals surface area contributed by atoms with Gasteiger partial charge in [0.25, 0.3) is 0 Å². The summed E-state index contributed by atoms with van der Waals surface area (Å²) < 4.78 is 0. The van der Waals surface area contributed by atoms with E-state index in [2.05, 4.69) is 11.4 Å². The van der Waals surface area contributed by atoms with Crippen LogP contribution in [0.4, 0.5) is 5.69 Å². The van der Waals surface area contributed by atoms with Crippen LogP contribution in [-0.2, 0) is 4.79 Å². The molecule has 1 aromatic carbocycles. The van der Waals surface area contributed by atoms with Crippen molar-refractivity contribution in [1.82, 2.24) is 5.32 Å². The standard InChI is InChI=1S/C12H12ClN3O/c1-15-10-4-5-16(12(10)17)11-6-9(13)3-2-8(11)7-14/h2-3,6,10,15H,4-5H2,1H3. The van der Waals surface area contributed by atoms with Gasteiger partial charge in [-0.15, -0.1) is 0 Å². The molecule has 4 nitrogen and oxygen atoms in total. The van der Waals surface area contributed by atoms with E-state index in [0.29, 0.717) is 22.8 Å². The number of hydrogen-bond donors (Lipinski definition) is 1. The van der Waals surface area contributed by atoms with E-state index in [-0.39, 0.29) is 11.9 Å². The predicted octanol–water partition coefficient (Wildman–Crippen LogP) is 1.54. The van der Waals surface area contributed by atoms with Crippen molar-refractivity contribution in [3.63, 3.8) is 0 Å². The Balaban J connectivity index is 2.38. The number of nitrogens with one attached hydrogen (secondary N) is 1. The SMILES string of the molecule is CNC1CCN(c2cc(Cl)ccc2C#N)C1=O. The summed E-state index contributed by atoms with van der Waals surface area (Å²) in [6, 6.07) is 6.87. The lowest BCUT2D eigenvalue weighted by Gasteiger charge is -2.18. The summed E-state index contributed by atoms with van der Waals surface area (Å²) in [5, 5.41) is 12.5. The Morgan fingerprint density at radius 3 is 2.94 bits per heavy atom. The zero-order valence-corrected chi connectivity index (χ0v) is 10.2. The zero-order valence-electron chi connectivity index (χ0n) is 9.40. The summed E-state index contributed by atoms with van der Waals surface area (Å²) in [5.74, 6) is -0.00809. The number of carbonyl (C=O) groups excluding carboxylic acids is 1. The Morgan fingerprint density at radius 2 is 2.35 bits per heavy atom. The largest absolute Gasteiger partial charge is 0.310 e. The molecule has 0 spiro atoms. The van der Waals surface area contributed by atoms with E-state index in [4.69, 9.17) is 16.9 Å². The predicted molar refractivity (Wildman–Crippen MR) is 66.0 cm³/mol. The molecule has 1 aliphatic rings. The molecule has 1 atom stereocenters. The summed E-state index contributed by atoms with van der Waals surface area (Å²) >= 11 is 5.91. The number of rotatable bonds is 2. The van der Waals surface area contributed by atoms with Crippen molar-refractivity contribution in [3.8, 4) is 6.07 Å². The van der Waals surface area contributed by atoms with E-state index in [1.807, 2.05) is 0 Å². The van der Waals surface area contributed by atoms with E-state index in [0.717, 1.165) is 6.42 Å². The molecule has 5 heteroatoms. The lowest BCUT2D eigenvalue weighted by Crippen LogP contribution is -2.36. The molecule has 1 unspecified atom stereocenters. The Kier molecular flexibility index (Phi) is 3.32. The number of halogens is 1. The highest BCUT2D eigenvalue weighted by molar-refractivity contribution is 6.31. The molecule has 0 aliphatic carbocycles. The average Bonchev–Trinajstić information content (AvgIpc) is 2.70. The molecular formula is C12H12ClN3O. The van der Waals surface area contributed by atoms with Crippen LogP contribution in [0.5, 0.6) is 0 Å². The molecule has 1 aromatic rings. The molecule has 0 radical (unpaired) electrons. The fraction of sp³-hybridized carbons (Fsp3) is 0.333. The smallest absolute Gasteiger partial charge is 0.244 e. The van der Waals surface area contributed by atoms with Crippen molar-refractivity contribution in [2.24, 2.45) is 0 Å². The first-order valence-corrected chi connectivity index (χ1v) is 5.73. The van der Waals surface area contributed by atoms with Gasteiger partial charge in [-0.2, -0.15) is 5.26 Å². The van der Waals surface area contributed by atoms with Gasteiger partial charge in [-0.05, 0) is 31.7 Å². The molecule has 1 saturated heterocycles. The molecule has 88 valence electrons. The topological polar surface area (TPSA) is 56.1 Å². The van der Waals surface area contributed by atoms with Gasteiger partial charge in [-0.1, -0.05) is 11.6 Å². The molecule has 2 rings (SSSR count). The summed E-state index contributed by atoms with van der Waals surface area (Å²) in [4.78, 5) is 13.6. The second-order valence-corrected chi connectivity index (χ2v) is 4.33. The number of nitrogens with zero attached hydrogens (tertiary/aromatic N) is 2. The maximum atomic E-state index is 12.0. The van der Waals surface area contributed by atoms with Crippen LogP contribution < -0.4 is 10.2 Å². The Bertz CT molecular complexity index is 495. The average molecular weight is 250 g/mol. The number of benzene rings is 1. The molecule has 0 aromatic heterocycles. The first-order valence-electron chi connectivity index (χ1n) is 5.35. The van der Waals surface area contributed by atoms with E-state index < -0.39 is 0 Å². The van der Waals surface area contributed by atoms with Gasteiger partial charge in [0.1, 0.15) is 6.07 Å². The van der Waals surface area contributed by atoms with Crippen LogP contribution >= 0.6 is 11.6 Å². The van der Waals surface area contributed by atoms with Crippen molar-refractivity contribution in [3.05, 3.63) is 28.8 Å². The van der Waals surface area contributed by atoms with Crippen LogP contribution in [0.1, 0.15) is 12.0 Å². The normalized spacial score (nSPS) is 19.5. The van der Waals surface area contributed by atoms with Gasteiger partial charge in [0.05, 0.1) is 17.3 Å². The first-order chi connectivity index (χ1) is 8.17. The van der Waals surface area contributed by atoms with Gasteiger partial charge in [0.2, 0.25) is 5.91 Å². The fourth-order valence-corrected chi connectivity index (χ4v) is 2.18. The lowest BCUT2D eigenvalue weighted by atomic mass is 10.2. The van der Waals surface area contributed by atoms with Crippen molar-refractivity contribution in [1.29, 1.82) is 5.26 Å². The van der Waals surface area contributed by atoms with Gasteiger partial charge in [0.15, 0.2) is 0 Å². The fourth-order valence-electron chi connectivity index (χ4n) is 2.01. The monoisotopic (exact) mass is 249 g/mol. The molecule has 0 saturated carbocycles. The van der Waals surface area contributed by atoms with Gasteiger partial charge in [-0.25, -0.2) is 0 Å². The Labute approximate surface area is 105 Å². The van der Waals surface area contributed by atoms with E-state index in [1.165, 1.54) is 0 Å². The van der Waals surface area contributed by atoms with Crippen LogP contribution in [0, 0.1) is 11.3 Å². The van der Waals surface area contributed by atoms with Crippen molar-refractivity contribution in [2.75, 3.05) is 18.5 Å². The highest BCUT2D eigenvalue weighted by atomic mass is 35.5. The van der Waals surface area contributed by atoms with Crippen molar-refractivity contribution >= 4 is 23.2 Å². The number of nitriles is 1. The molecule has 1 fully saturated rings. The number of carbonyl (C=O) groups is 1. The molecule has 1 aliphatic heterocycles. The Morgan fingerprint density at radius 1 is 1.59 bits per heavy atom. The van der Waals surface area contributed by atoms with E-state index >= 15 is 0 Å². The zero-order chi connectivity index (χ0) is 12.4. The van der Waals surface area contributed by atoms with Crippen LogP contribution in [0.2, 0.25) is 5.02 Å². The quantitative estimate of drug-likeness (QED) is 0.865. The van der Waals surface area contributed by atoms with E-state index in [1.54, 1.807) is 30.1 Å². The number of hydrogen-bond acceptors (Lipinski definition) is 3. The Hall–Kier alpha value is -1.57. The maximum Gasteiger partial charge on any atom is 0.244 e. The summed E-state index contributed by atoms with van der Waals surface area (Å²) in [6.07, 6.45) is 0.743. The van der Waals surface area contributed by atoms with Crippen molar-refractivity contribution < 1.29 is 4.79 Å². The number of likely N-dealkylation sites (N-methyl/N-ethyl adjacent to an activating group) is 1. The van der Waals surface area contributed by atoms with E-state index in [9.17, 15) is 4.79 Å². The van der Waals surface area contributed by atoms with Crippen molar-refractivity contribution in [2.45, 2.75) is 12.5 Å². The minimum atomic E-state index is -0.166. The van der Waals surface area contributed by atoms with Crippen LogP contribution in [-0.4, -0.2) is 25.5 Å². The van der Waals surface area contributed by atoms with Crippen LogP contribution in [0.3, 0.4) is 0 Å². The third-order valence-corrected chi connectivity index (χ3v) is 3.16. The number of anilines is 1. The summed E-state index contributed by atoms with van der Waals surface area (Å²) in [6.45, 7) is 0.610. The van der Waals surface area contributed by atoms with Gasteiger partial charge in [0, 0.05) is 11.6 Å². The lowest BCUT2D eigenvalue weighted by molar-refractivity contribution is -0.118. The highest BCUT2D eigenvalue weighted by Crippen LogP contribution is 2.28. The third kappa shape index (κ3) is 2.12. The van der Waals surface area contributed by atoms with Gasteiger partial charge < -0.3 is 10.2 Å². The molecular weight excluding hydrogens is 238 g/mol. The van der Waals surface area contributed by atoms with Crippen LogP contribution in [0.15, 0.2) is 18.2 Å². The molecule has 1 heterocycles. The summed E-state index contributed by atoms with van der Waals surface area (Å²) in [5.41, 5.74) is 1.07. The second-order valence-electron chi connectivity index (χ2n) is 3.89. The third-order valence-electron chi connectivity index (χ3n) is 2.92. The summed E-state index contributed by atoms with van der Waals surface area (Å²) in [7, 11) is 1.76. The first kappa shape index (κ1) is 11.9. The van der Waals surface area contributed by atoms with Crippen LogP contribution in [0.25, 0.3) is 0 Å². The second kappa shape index (κ2) is 4.74. The highest BCUT2D eigenvalue weighted by Gasteiger charge is 2.32. The van der Waals surface area contributed by atoms with Gasteiger partial charge in [-0.3, -0.25) is 4.79 Å². The minimum Gasteiger partial charge on any atom is -0.310 e. The van der Waals surface area contributed by atoms with Gasteiger partial charge >= 0.3 is 0 Å². The molecule has 1 N–H and O–H groups in total. The number of amides is 1. The maximum absolute atomic E-state index is 12.0. The minimum absolute atomic E-state index is 0.00809. The molecule has 0 bridgehead atoms. The molecule has 1 amide bonds.